The minimum Gasteiger partial charge on any atom is -0.461 e. The van der Waals surface area contributed by atoms with Crippen molar-refractivity contribution in [2.24, 2.45) is 5.92 Å². The van der Waals surface area contributed by atoms with Gasteiger partial charge >= 0.3 is 5.97 Å². The average molecular weight is 343 g/mol. The molecule has 1 saturated carbocycles. The van der Waals surface area contributed by atoms with E-state index in [9.17, 15) is 4.79 Å². The molecule has 0 N–H and O–H groups in total. The molecule has 0 aromatic carbocycles. The summed E-state index contributed by atoms with van der Waals surface area (Å²) in [6.45, 7) is 6.44. The van der Waals surface area contributed by atoms with Crippen LogP contribution in [-0.4, -0.2) is 27.2 Å². The Morgan fingerprint density at radius 3 is 2.72 bits per heavy atom. The summed E-state index contributed by atoms with van der Waals surface area (Å²) in [5, 5.41) is 4.42. The van der Waals surface area contributed by atoms with Crippen molar-refractivity contribution in [3.8, 4) is 0 Å². The summed E-state index contributed by atoms with van der Waals surface area (Å²) in [5.74, 6) is 0.773. The summed E-state index contributed by atoms with van der Waals surface area (Å²) >= 11 is 0. The van der Waals surface area contributed by atoms with E-state index in [0.717, 1.165) is 29.4 Å². The number of carbonyl (C=O) groups excluding carboxylic acids is 1. The van der Waals surface area contributed by atoms with Crippen LogP contribution >= 0.6 is 0 Å². The van der Waals surface area contributed by atoms with E-state index in [0.29, 0.717) is 18.2 Å². The van der Waals surface area contributed by atoms with E-state index < -0.39 is 0 Å². The van der Waals surface area contributed by atoms with Crippen molar-refractivity contribution in [3.63, 3.8) is 0 Å². The molecule has 2 heterocycles. The molecule has 2 aromatic heterocycles. The first-order valence-corrected chi connectivity index (χ1v) is 9.65. The van der Waals surface area contributed by atoms with Gasteiger partial charge in [0, 0.05) is 17.5 Å². The molecular formula is C20H29N3O2. The number of aromatic nitrogens is 3. The largest absolute Gasteiger partial charge is 0.461 e. The Kier molecular flexibility index (Phi) is 5.71. The third-order valence-corrected chi connectivity index (χ3v) is 5.12. The van der Waals surface area contributed by atoms with Crippen molar-refractivity contribution >= 4 is 11.6 Å². The lowest BCUT2D eigenvalue weighted by Gasteiger charge is -2.21. The van der Waals surface area contributed by atoms with Crippen molar-refractivity contribution in [2.45, 2.75) is 71.6 Å². The van der Waals surface area contributed by atoms with Gasteiger partial charge in [0.1, 0.15) is 0 Å². The maximum Gasteiger partial charge on any atom is 0.358 e. The molecule has 136 valence electrons. The molecule has 3 rings (SSSR count). The number of hydrogen-bond acceptors (Lipinski definition) is 4. The molecule has 0 unspecified atom stereocenters. The van der Waals surface area contributed by atoms with E-state index >= 15 is 0 Å². The smallest absolute Gasteiger partial charge is 0.358 e. The maximum atomic E-state index is 12.0. The predicted molar refractivity (Wildman–Crippen MR) is 97.9 cm³/mol. The molecule has 5 nitrogen and oxygen atoms in total. The Morgan fingerprint density at radius 1 is 1.28 bits per heavy atom. The highest BCUT2D eigenvalue weighted by Crippen LogP contribution is 2.28. The second kappa shape index (κ2) is 7.98. The first-order chi connectivity index (χ1) is 12.1. The van der Waals surface area contributed by atoms with Crippen molar-refractivity contribution in [2.75, 3.05) is 6.61 Å². The van der Waals surface area contributed by atoms with Gasteiger partial charge in [-0.05, 0) is 37.7 Å². The molecule has 5 heteroatoms. The van der Waals surface area contributed by atoms with Gasteiger partial charge < -0.3 is 4.74 Å². The molecule has 0 saturated heterocycles. The van der Waals surface area contributed by atoms with Crippen LogP contribution in [0.1, 0.15) is 87.1 Å². The molecule has 1 aliphatic carbocycles. The number of hydrogen-bond donors (Lipinski definition) is 0. The first kappa shape index (κ1) is 17.9. The summed E-state index contributed by atoms with van der Waals surface area (Å²) in [6, 6.07) is 3.90. The lowest BCUT2D eigenvalue weighted by atomic mass is 9.86. The third kappa shape index (κ3) is 4.20. The van der Waals surface area contributed by atoms with Gasteiger partial charge in [0.25, 0.3) is 0 Å². The average Bonchev–Trinajstić information content (AvgIpc) is 3.04. The Morgan fingerprint density at radius 2 is 2.04 bits per heavy atom. The van der Waals surface area contributed by atoms with Crippen LogP contribution in [0, 0.1) is 5.92 Å². The van der Waals surface area contributed by atoms with Crippen LogP contribution in [-0.2, 0) is 11.2 Å². The van der Waals surface area contributed by atoms with Crippen LogP contribution in [0.4, 0.5) is 0 Å². The summed E-state index contributed by atoms with van der Waals surface area (Å²) in [7, 11) is 0. The van der Waals surface area contributed by atoms with E-state index in [1.165, 1.54) is 38.5 Å². The zero-order valence-electron chi connectivity index (χ0n) is 15.6. The van der Waals surface area contributed by atoms with E-state index in [2.05, 4.69) is 25.0 Å². The van der Waals surface area contributed by atoms with Gasteiger partial charge in [0.2, 0.25) is 0 Å². The van der Waals surface area contributed by atoms with Crippen LogP contribution in [0.2, 0.25) is 0 Å². The Bertz CT molecular complexity index is 730. The topological polar surface area (TPSA) is 56.5 Å². The number of fused-ring (bicyclic) bond motifs is 1. The van der Waals surface area contributed by atoms with Crippen molar-refractivity contribution in [3.05, 3.63) is 29.2 Å². The molecule has 0 spiro atoms. The van der Waals surface area contributed by atoms with Crippen LogP contribution in [0.15, 0.2) is 12.1 Å². The van der Waals surface area contributed by atoms with Gasteiger partial charge in [-0.15, -0.1) is 0 Å². The Balaban J connectivity index is 1.85. The van der Waals surface area contributed by atoms with E-state index in [4.69, 9.17) is 9.72 Å². The number of aryl methyl sites for hydroxylation is 1. The van der Waals surface area contributed by atoms with Crippen LogP contribution < -0.4 is 0 Å². The van der Waals surface area contributed by atoms with Gasteiger partial charge in [0.15, 0.2) is 11.3 Å². The van der Waals surface area contributed by atoms with Crippen molar-refractivity contribution < 1.29 is 9.53 Å². The molecule has 2 aromatic rings. The fraction of sp³-hybridized carbons (Fsp3) is 0.650. The first-order valence-electron chi connectivity index (χ1n) is 9.65. The second-order valence-corrected chi connectivity index (χ2v) is 7.39. The van der Waals surface area contributed by atoms with E-state index in [1.807, 2.05) is 0 Å². The highest BCUT2D eigenvalue weighted by Gasteiger charge is 2.18. The molecule has 0 radical (unpaired) electrons. The summed E-state index contributed by atoms with van der Waals surface area (Å²) in [4.78, 5) is 16.7. The molecule has 0 aliphatic heterocycles. The molecule has 0 bridgehead atoms. The monoisotopic (exact) mass is 343 g/mol. The number of carbonyl (C=O) groups is 1. The van der Waals surface area contributed by atoms with Gasteiger partial charge in [-0.3, -0.25) is 0 Å². The molecule has 25 heavy (non-hydrogen) atoms. The molecule has 0 atom stereocenters. The molecular weight excluding hydrogens is 314 g/mol. The quantitative estimate of drug-likeness (QED) is 0.722. The van der Waals surface area contributed by atoms with Crippen molar-refractivity contribution in [1.29, 1.82) is 0 Å². The minimum atomic E-state index is -0.383. The van der Waals surface area contributed by atoms with Crippen LogP contribution in [0.25, 0.3) is 5.65 Å². The highest BCUT2D eigenvalue weighted by atomic mass is 16.5. The van der Waals surface area contributed by atoms with E-state index in [1.54, 1.807) is 17.5 Å². The minimum absolute atomic E-state index is 0.314. The second-order valence-electron chi connectivity index (χ2n) is 7.39. The predicted octanol–water partition coefficient (Wildman–Crippen LogP) is 4.54. The summed E-state index contributed by atoms with van der Waals surface area (Å²) in [5.41, 5.74) is 3.28. The summed E-state index contributed by atoms with van der Waals surface area (Å²) < 4.78 is 6.87. The Labute approximate surface area is 149 Å². The van der Waals surface area contributed by atoms with Crippen LogP contribution in [0.3, 0.4) is 0 Å². The fourth-order valence-corrected chi connectivity index (χ4v) is 3.72. The highest BCUT2D eigenvalue weighted by molar-refractivity contribution is 5.88. The van der Waals surface area contributed by atoms with E-state index in [-0.39, 0.29) is 5.97 Å². The summed E-state index contributed by atoms with van der Waals surface area (Å²) in [6.07, 6.45) is 9.07. The van der Waals surface area contributed by atoms with Gasteiger partial charge in [0.05, 0.1) is 6.61 Å². The van der Waals surface area contributed by atoms with Gasteiger partial charge in [-0.1, -0.05) is 46.0 Å². The van der Waals surface area contributed by atoms with Gasteiger partial charge in [-0.2, -0.15) is 5.10 Å². The third-order valence-electron chi connectivity index (χ3n) is 5.12. The molecule has 1 fully saturated rings. The molecule has 0 amide bonds. The fourth-order valence-electron chi connectivity index (χ4n) is 3.72. The lowest BCUT2D eigenvalue weighted by Crippen LogP contribution is -2.10. The van der Waals surface area contributed by atoms with Gasteiger partial charge in [-0.25, -0.2) is 14.3 Å². The Hall–Kier alpha value is -1.91. The zero-order chi connectivity index (χ0) is 17.8. The number of rotatable bonds is 6. The van der Waals surface area contributed by atoms with Crippen LogP contribution in [0.5, 0.6) is 0 Å². The number of ether oxygens (including phenoxy) is 1. The van der Waals surface area contributed by atoms with Crippen molar-refractivity contribution in [1.82, 2.24) is 14.6 Å². The number of nitrogens with zero attached hydrogens (tertiary/aromatic N) is 3. The standard InChI is InChI=1S/C20H29N3O2/c1-4-25-20(24)17-13-19-21-16(11-10-15-8-6-5-7-9-15)12-18(14(2)3)23(19)22-17/h12-15H,4-11H2,1-3H3. The lowest BCUT2D eigenvalue weighted by molar-refractivity contribution is 0.0519. The normalized spacial score (nSPS) is 15.8. The zero-order valence-corrected chi connectivity index (χ0v) is 15.6. The molecule has 1 aliphatic rings. The number of esters is 1. The SMILES string of the molecule is CCOC(=O)c1cc2nc(CCC3CCCCC3)cc(C(C)C)n2n1. The maximum absolute atomic E-state index is 12.0.